The number of nitrogens with one attached hydrogen (secondary N) is 3. The molecule has 1 aromatic heterocycles. The molecule has 0 spiro atoms. The average molecular weight is 323 g/mol. The molecule has 7 N–H and O–H groups in total. The number of rotatable bonds is 5. The van der Waals surface area contributed by atoms with E-state index in [9.17, 15) is 4.79 Å². The van der Waals surface area contributed by atoms with Gasteiger partial charge < -0.3 is 16.8 Å². The van der Waals surface area contributed by atoms with Crippen LogP contribution in [0, 0.1) is 6.92 Å². The number of nitrogen functional groups attached to an aromatic ring is 1. The van der Waals surface area contributed by atoms with Gasteiger partial charge in [-0.05, 0) is 37.6 Å². The van der Waals surface area contributed by atoms with Crippen LogP contribution < -0.4 is 22.1 Å². The van der Waals surface area contributed by atoms with Gasteiger partial charge in [0.15, 0.2) is 5.82 Å². The number of nitrogens with two attached hydrogens (primary N) is 2. The van der Waals surface area contributed by atoms with Gasteiger partial charge in [-0.15, -0.1) is 0 Å². The number of H-pyrrole nitrogens is 1. The van der Waals surface area contributed by atoms with Crippen LogP contribution in [0.25, 0.3) is 0 Å². The maximum Gasteiger partial charge on any atom is 0.320 e. The molecule has 0 aliphatic rings. The first-order valence-corrected chi connectivity index (χ1v) is 7.22. The third kappa shape index (κ3) is 3.90. The van der Waals surface area contributed by atoms with E-state index < -0.39 is 0 Å². The van der Waals surface area contributed by atoms with Crippen LogP contribution in [0.15, 0.2) is 24.3 Å². The molecule has 1 atom stereocenters. The summed E-state index contributed by atoms with van der Waals surface area (Å²) in [6.45, 7) is 2.20. The minimum absolute atomic E-state index is 0.236. The summed E-state index contributed by atoms with van der Waals surface area (Å²) >= 11 is 5.99. The molecule has 118 valence electrons. The first kappa shape index (κ1) is 16.1. The Morgan fingerprint density at radius 2 is 2.27 bits per heavy atom. The van der Waals surface area contributed by atoms with Crippen molar-refractivity contribution >= 4 is 29.3 Å². The van der Waals surface area contributed by atoms with Crippen molar-refractivity contribution in [1.82, 2.24) is 15.5 Å². The Labute approximate surface area is 133 Å². The maximum atomic E-state index is 12.1. The molecule has 1 heterocycles. The van der Waals surface area contributed by atoms with E-state index in [4.69, 9.17) is 23.1 Å². The largest absolute Gasteiger partial charge is 0.384 e. The van der Waals surface area contributed by atoms with Gasteiger partial charge in [-0.2, -0.15) is 5.10 Å². The highest BCUT2D eigenvalue weighted by molar-refractivity contribution is 6.30. The molecular weight excluding hydrogens is 304 g/mol. The minimum atomic E-state index is -0.381. The Balaban J connectivity index is 2.07. The summed E-state index contributed by atoms with van der Waals surface area (Å²) in [7, 11) is 0. The smallest absolute Gasteiger partial charge is 0.320 e. The zero-order chi connectivity index (χ0) is 16.1. The molecule has 22 heavy (non-hydrogen) atoms. The minimum Gasteiger partial charge on any atom is -0.384 e. The third-order valence-corrected chi connectivity index (χ3v) is 3.53. The number of halogens is 1. The van der Waals surface area contributed by atoms with Crippen LogP contribution in [0.2, 0.25) is 5.02 Å². The number of hydrogen-bond acceptors (Lipinski definition) is 4. The predicted octanol–water partition coefficient (Wildman–Crippen LogP) is 2.17. The average Bonchev–Trinajstić information content (AvgIpc) is 2.79. The third-order valence-electron chi connectivity index (χ3n) is 3.29. The molecule has 1 aromatic carbocycles. The number of amides is 2. The molecule has 0 aliphatic heterocycles. The fraction of sp³-hybridized carbons (Fsp3) is 0.286. The van der Waals surface area contributed by atoms with Crippen LogP contribution in [0.1, 0.15) is 23.6 Å². The molecular formula is C14H19ClN6O. The van der Waals surface area contributed by atoms with Gasteiger partial charge in [0.2, 0.25) is 0 Å². The van der Waals surface area contributed by atoms with E-state index in [-0.39, 0.29) is 12.1 Å². The fourth-order valence-electron chi connectivity index (χ4n) is 2.05. The molecule has 2 amide bonds. The Hall–Kier alpha value is -2.25. The van der Waals surface area contributed by atoms with E-state index in [1.807, 2.05) is 12.1 Å². The van der Waals surface area contributed by atoms with Crippen molar-refractivity contribution < 1.29 is 4.79 Å². The second-order valence-corrected chi connectivity index (χ2v) is 5.33. The number of anilines is 2. The van der Waals surface area contributed by atoms with Crippen molar-refractivity contribution in [1.29, 1.82) is 0 Å². The van der Waals surface area contributed by atoms with Gasteiger partial charge in [0.1, 0.15) is 5.82 Å². The highest BCUT2D eigenvalue weighted by Crippen LogP contribution is 2.21. The highest BCUT2D eigenvalue weighted by Gasteiger charge is 2.16. The number of nitrogens with zero attached hydrogens (tertiary/aromatic N) is 1. The van der Waals surface area contributed by atoms with E-state index >= 15 is 0 Å². The van der Waals surface area contributed by atoms with Crippen molar-refractivity contribution in [3.8, 4) is 0 Å². The van der Waals surface area contributed by atoms with Crippen molar-refractivity contribution in [2.75, 3.05) is 17.6 Å². The number of carbonyl (C=O) groups excluding carboxylic acids is 1. The SMILES string of the molecule is Cc1c(NC(=O)NC(CCN)c2cccc(Cl)c2)n[nH]c1N. The summed E-state index contributed by atoms with van der Waals surface area (Å²) in [6, 6.07) is 6.69. The monoisotopic (exact) mass is 322 g/mol. The highest BCUT2D eigenvalue weighted by atomic mass is 35.5. The van der Waals surface area contributed by atoms with E-state index in [1.54, 1.807) is 19.1 Å². The van der Waals surface area contributed by atoms with Crippen LogP contribution >= 0.6 is 11.6 Å². The van der Waals surface area contributed by atoms with Crippen LogP contribution in [-0.4, -0.2) is 22.8 Å². The van der Waals surface area contributed by atoms with Crippen LogP contribution in [0.3, 0.4) is 0 Å². The maximum absolute atomic E-state index is 12.1. The number of urea groups is 1. The number of aromatic amines is 1. The van der Waals surface area contributed by atoms with Gasteiger partial charge >= 0.3 is 6.03 Å². The Kier molecular flexibility index (Phi) is 5.24. The van der Waals surface area contributed by atoms with Gasteiger partial charge in [0, 0.05) is 10.6 Å². The van der Waals surface area contributed by atoms with E-state index in [1.165, 1.54) is 0 Å². The van der Waals surface area contributed by atoms with Gasteiger partial charge in [0.25, 0.3) is 0 Å². The van der Waals surface area contributed by atoms with Gasteiger partial charge in [-0.3, -0.25) is 10.4 Å². The van der Waals surface area contributed by atoms with Gasteiger partial charge in [-0.25, -0.2) is 4.79 Å². The molecule has 0 saturated heterocycles. The number of hydrogen-bond donors (Lipinski definition) is 5. The summed E-state index contributed by atoms with van der Waals surface area (Å²) in [4.78, 5) is 12.1. The van der Waals surface area contributed by atoms with Crippen molar-refractivity contribution in [3.63, 3.8) is 0 Å². The Bertz CT molecular complexity index is 657. The summed E-state index contributed by atoms with van der Waals surface area (Å²) < 4.78 is 0. The van der Waals surface area contributed by atoms with E-state index in [0.29, 0.717) is 35.2 Å². The molecule has 0 fully saturated rings. The first-order valence-electron chi connectivity index (χ1n) is 6.84. The Morgan fingerprint density at radius 3 is 2.86 bits per heavy atom. The predicted molar refractivity (Wildman–Crippen MR) is 87.8 cm³/mol. The molecule has 2 rings (SSSR count). The molecule has 2 aromatic rings. The number of benzene rings is 1. The summed E-state index contributed by atoms with van der Waals surface area (Å²) in [6.07, 6.45) is 0.593. The normalized spacial score (nSPS) is 12.0. The number of aromatic nitrogens is 2. The quantitative estimate of drug-likeness (QED) is 0.579. The molecule has 8 heteroatoms. The standard InChI is InChI=1S/C14H19ClN6O/c1-8-12(17)20-21-13(8)19-14(22)18-11(5-6-16)9-3-2-4-10(15)7-9/h2-4,7,11H,5-6,16H2,1H3,(H5,17,18,19,20,21,22). The lowest BCUT2D eigenvalue weighted by molar-refractivity contribution is 0.248. The molecule has 0 radical (unpaired) electrons. The van der Waals surface area contributed by atoms with Crippen molar-refractivity contribution in [2.24, 2.45) is 5.73 Å². The second-order valence-electron chi connectivity index (χ2n) is 4.89. The van der Waals surface area contributed by atoms with Crippen LogP contribution in [0.5, 0.6) is 0 Å². The zero-order valence-corrected chi connectivity index (χ0v) is 12.9. The molecule has 0 aliphatic carbocycles. The summed E-state index contributed by atoms with van der Waals surface area (Å²) in [5.41, 5.74) is 12.9. The summed E-state index contributed by atoms with van der Waals surface area (Å²) in [5, 5.41) is 12.7. The topological polar surface area (TPSA) is 122 Å². The molecule has 7 nitrogen and oxygen atoms in total. The summed E-state index contributed by atoms with van der Waals surface area (Å²) in [5.74, 6) is 0.816. The molecule has 1 unspecified atom stereocenters. The lowest BCUT2D eigenvalue weighted by Gasteiger charge is -2.19. The second kappa shape index (κ2) is 7.15. The van der Waals surface area contributed by atoms with Gasteiger partial charge in [0.05, 0.1) is 6.04 Å². The fourth-order valence-corrected chi connectivity index (χ4v) is 2.25. The lowest BCUT2D eigenvalue weighted by Crippen LogP contribution is -2.34. The van der Waals surface area contributed by atoms with E-state index in [0.717, 1.165) is 5.56 Å². The number of carbonyl (C=O) groups is 1. The van der Waals surface area contributed by atoms with E-state index in [2.05, 4.69) is 20.8 Å². The lowest BCUT2D eigenvalue weighted by atomic mass is 10.0. The first-order chi connectivity index (χ1) is 10.5. The molecule has 0 bridgehead atoms. The molecule has 0 saturated carbocycles. The zero-order valence-electron chi connectivity index (χ0n) is 12.2. The Morgan fingerprint density at radius 1 is 1.50 bits per heavy atom. The van der Waals surface area contributed by atoms with Crippen molar-refractivity contribution in [2.45, 2.75) is 19.4 Å². The van der Waals surface area contributed by atoms with Crippen molar-refractivity contribution in [3.05, 3.63) is 40.4 Å². The van der Waals surface area contributed by atoms with Crippen LogP contribution in [-0.2, 0) is 0 Å². The van der Waals surface area contributed by atoms with Gasteiger partial charge in [-0.1, -0.05) is 23.7 Å². The van der Waals surface area contributed by atoms with Crippen LogP contribution in [0.4, 0.5) is 16.4 Å².